The number of nitrogens with two attached hydrogens (primary N) is 1. The molecule has 830 valence electrons. The van der Waals surface area contributed by atoms with Crippen molar-refractivity contribution in [3.8, 4) is 29.4 Å². The number of hydrogen-bond acceptors (Lipinski definition) is 47. The van der Waals surface area contributed by atoms with Crippen LogP contribution in [0.2, 0.25) is 0 Å². The number of phosphoric acid groups is 5. The number of nitrogen functional groups attached to an aromatic ring is 1. The van der Waals surface area contributed by atoms with Crippen LogP contribution in [-0.4, -0.2) is 288 Å². The molecule has 10 aromatic rings. The molecule has 0 aliphatic carbocycles. The molecule has 0 radical (unpaired) electrons. The third kappa shape index (κ3) is 21.6. The van der Waals surface area contributed by atoms with E-state index in [9.17, 15) is 27.9 Å². The minimum absolute atomic E-state index is 0.00131. The summed E-state index contributed by atoms with van der Waals surface area (Å²) in [7, 11) is -20.7. The molecule has 10 aromatic heterocycles. The molecule has 0 aromatic carbocycles. The van der Waals surface area contributed by atoms with Gasteiger partial charge in [-0.2, -0.15) is 29.9 Å². The summed E-state index contributed by atoms with van der Waals surface area (Å²) < 4.78 is 342. The van der Waals surface area contributed by atoms with E-state index < -0.39 is 210 Å². The molecule has 66 heteroatoms. The van der Waals surface area contributed by atoms with Gasteiger partial charge >= 0.3 is 39.1 Å². The molecule has 10 fully saturated rings. The Labute approximate surface area is 849 Å². The number of nitrogens with zero attached hydrogens (tertiary/aromatic N) is 20. The molecule has 5 unspecified atom stereocenters. The van der Waals surface area contributed by atoms with Crippen LogP contribution in [-0.2, 0) is 114 Å². The molecule has 3 N–H and O–H groups in total. The van der Waals surface area contributed by atoms with Gasteiger partial charge in [0.1, 0.15) is 61.9 Å². The molecule has 52 nitrogen and oxygen atoms in total. The number of halogens is 9. The summed E-state index contributed by atoms with van der Waals surface area (Å²) in [6, 6.07) is 0. The Morgan fingerprint density at radius 2 is 0.567 bits per heavy atom. The fraction of sp³-hybridized carbons (Fsp3) is 0.702. The van der Waals surface area contributed by atoms with Gasteiger partial charge in [0.05, 0.1) is 96.2 Å². The van der Waals surface area contributed by atoms with Crippen molar-refractivity contribution in [3.63, 3.8) is 0 Å². The van der Waals surface area contributed by atoms with E-state index in [1.165, 1.54) is 61.4 Å². The average molecular weight is 2240 g/mol. The number of rotatable bonds is 26. The second-order valence-electron chi connectivity index (χ2n) is 37.7. The van der Waals surface area contributed by atoms with E-state index in [0.29, 0.717) is 55.2 Å². The Balaban J connectivity index is 0.000000133. The minimum atomic E-state index is -4.19. The molecule has 0 bridgehead atoms. The maximum absolute atomic E-state index is 16.0. The fourth-order valence-corrected chi connectivity index (χ4v) is 25.8. The number of fused-ring (bicyclic) bond motifs is 10. The summed E-state index contributed by atoms with van der Waals surface area (Å²) in [5.74, 6) is -11.0. The second-order valence-corrected chi connectivity index (χ2v) is 45.7. The van der Waals surface area contributed by atoms with E-state index in [4.69, 9.17) is 121 Å². The number of aromatic nitrogens is 20. The van der Waals surface area contributed by atoms with E-state index in [2.05, 4.69) is 74.8 Å². The van der Waals surface area contributed by atoms with E-state index in [-0.39, 0.29) is 111 Å². The normalized spacial score (nSPS) is 36.4. The first kappa shape index (κ1) is 114. The van der Waals surface area contributed by atoms with Crippen molar-refractivity contribution < 1.29 is 183 Å². The lowest BCUT2D eigenvalue weighted by atomic mass is 9.95. The number of alkyl halides is 9. The molecule has 150 heavy (non-hydrogen) atoms. The Morgan fingerprint density at radius 3 is 0.827 bits per heavy atom. The van der Waals surface area contributed by atoms with Crippen molar-refractivity contribution in [1.29, 1.82) is 0 Å². The molecule has 0 amide bonds. The van der Waals surface area contributed by atoms with Crippen LogP contribution in [0.4, 0.5) is 45.5 Å². The molecule has 10 saturated heterocycles. The van der Waals surface area contributed by atoms with Crippen molar-refractivity contribution in [2.24, 2.45) is 5.92 Å². The van der Waals surface area contributed by atoms with E-state index in [1.807, 2.05) is 13.8 Å². The largest absolute Gasteiger partial charge is 0.476 e. The van der Waals surface area contributed by atoms with Crippen LogP contribution in [0.25, 0.3) is 55.8 Å². The first-order valence-electron chi connectivity index (χ1n) is 47.4. The van der Waals surface area contributed by atoms with Gasteiger partial charge in [0, 0.05) is 0 Å². The zero-order valence-corrected chi connectivity index (χ0v) is 89.8. The lowest BCUT2D eigenvalue weighted by molar-refractivity contribution is -0.220. The van der Waals surface area contributed by atoms with Crippen LogP contribution in [0, 0.1) is 33.6 Å². The molecular weight excluding hydrogens is 2120 g/mol. The quantitative estimate of drug-likeness (QED) is 0.0375. The number of aliphatic hydroxyl groups is 1. The third-order valence-electron chi connectivity index (χ3n) is 23.7. The SMILES string of the molecule is CCOc1nc(C)nc2c1ncn2[C@@H]1O[C@]2(F)COP(=O)(OC(C)C)O[C@H]2[C@@]1(C)F.CCOc1nc(C)nc2c1ncn2[C@@H]1O[C@]2(F)COP(=O)(OC(C)C)O[C@H]2[C@@]1(C)F.CCOc1nc(C)nc2c1ncn2[C@@H]1O[C@]2(F)COP(=O)(OC(C)C)O[C@H]2[C@@]1(C)O.CCOc1nc(C)nc2c1ncn2[C@@H]1O[C@]2(F)COP(=O)(OCC)O[C@H]2[C@@]1(C)F.CCOc1nc(N)nc2c1ncn2[C@@H]1O[C@]2(F)COP(=O)(OCC(C)C)O[C@H]2[C@@]1(C)F. The van der Waals surface area contributed by atoms with Gasteiger partial charge in [0.2, 0.25) is 35.3 Å². The van der Waals surface area contributed by atoms with Crippen molar-refractivity contribution in [1.82, 2.24) is 97.6 Å². The summed E-state index contributed by atoms with van der Waals surface area (Å²) in [6.07, 6.45) is -11.8. The molecule has 0 saturated carbocycles. The summed E-state index contributed by atoms with van der Waals surface area (Å²) in [5.41, 5.74) is -3.82. The van der Waals surface area contributed by atoms with Crippen LogP contribution >= 0.6 is 39.1 Å². The van der Waals surface area contributed by atoms with Gasteiger partial charge < -0.3 is 58.2 Å². The van der Waals surface area contributed by atoms with Crippen molar-refractivity contribution in [2.45, 2.75) is 297 Å². The highest BCUT2D eigenvalue weighted by Gasteiger charge is 2.76. The standard InChI is InChI=1S/C17H24F2N5O6P.2C17H23F2N4O6P.C17H24FN4O7P.C16H21F2N4O6P/c1-5-26-12-10-11(22-15(20)23-12)24(8-21-10)14-16(4,18)13-17(19,29-14)7-28-31(25,30-13)27-6-9(2)3;2*1-6-25-13-11-12(21-10(4)22-13)23(8-20-11)15-16(5,18)14-17(19,27-15)7-26-30(24,29-14)28-9(2)3;1-6-25-13-11-12(20-10(4)21-13)22(8-19-11)15-16(5,23)14-17(18,27-15)7-26-30(24,29-14)28-9(2)3;1-5-24-12-10-11(20-9(3)21-12)22(8-19-10)14-15(4,17)13-16(18,27-14)7-26-29(23,28-13)25-6-2/h8-9,13-14H,5-7H2,1-4H3,(H2,20,22,23);2*8-9,14-15H,6-7H2,1-5H3;8-9,14-15,23H,6-7H2,1-5H3;8,13-14H,5-7H2,1-4H3/t13-,14+,16+,17+,31?;3*14-,15+,16+,17+,30?;13-,14+,15+,16+,29?/m00000/s1. The molecule has 20 heterocycles. The number of aryl methyl sites for hydroxylation is 4. The average Bonchev–Trinajstić information content (AvgIpc) is 1.57. The van der Waals surface area contributed by atoms with Crippen molar-refractivity contribution in [2.75, 3.05) is 85.0 Å². The van der Waals surface area contributed by atoms with E-state index in [0.717, 1.165) is 27.7 Å². The lowest BCUT2D eigenvalue weighted by Gasteiger charge is -2.37. The van der Waals surface area contributed by atoms with Gasteiger partial charge in [-0.05, 0) is 151 Å². The fourth-order valence-electron chi connectivity index (χ4n) is 17.7. The van der Waals surface area contributed by atoms with Gasteiger partial charge in [0.25, 0.3) is 29.3 Å². The highest BCUT2D eigenvalue weighted by atomic mass is 31.2. The van der Waals surface area contributed by atoms with Crippen molar-refractivity contribution in [3.05, 3.63) is 54.9 Å². The Bertz CT molecular complexity index is 6550. The maximum atomic E-state index is 16.0. The van der Waals surface area contributed by atoms with Crippen LogP contribution in [0.1, 0.15) is 186 Å². The number of phosphoric ester groups is 5. The van der Waals surface area contributed by atoms with Gasteiger partial charge in [0.15, 0.2) is 140 Å². The summed E-state index contributed by atoms with van der Waals surface area (Å²) in [6.45, 7) is 33.6. The monoisotopic (exact) mass is 2240 g/mol. The van der Waals surface area contributed by atoms with E-state index in [1.54, 1.807) is 111 Å². The molecule has 10 aliphatic rings. The smallest absolute Gasteiger partial charge is 0.475 e. The first-order valence-corrected chi connectivity index (χ1v) is 54.7. The second kappa shape index (κ2) is 41.7. The zero-order valence-electron chi connectivity index (χ0n) is 85.3. The maximum Gasteiger partial charge on any atom is 0.475 e. The van der Waals surface area contributed by atoms with Crippen LogP contribution in [0.15, 0.2) is 31.6 Å². The predicted octanol–water partition coefficient (Wildman–Crippen LogP) is 15.2. The van der Waals surface area contributed by atoms with Crippen LogP contribution in [0.5, 0.6) is 29.4 Å². The number of ether oxygens (including phenoxy) is 10. The Morgan fingerprint density at radius 1 is 0.340 bits per heavy atom. The predicted molar refractivity (Wildman–Crippen MR) is 498 cm³/mol. The lowest BCUT2D eigenvalue weighted by Crippen LogP contribution is -2.52. The Hall–Kier alpha value is -8.77. The molecule has 25 atom stereocenters. The Kier molecular flexibility index (Phi) is 31.7. The van der Waals surface area contributed by atoms with Crippen LogP contribution < -0.4 is 29.4 Å². The summed E-state index contributed by atoms with van der Waals surface area (Å²) in [4.78, 5) is 62.9. The van der Waals surface area contributed by atoms with Gasteiger partial charge in [-0.25, -0.2) is 107 Å². The minimum Gasteiger partial charge on any atom is -0.476 e. The van der Waals surface area contributed by atoms with Crippen LogP contribution in [0.3, 0.4) is 0 Å². The molecule has 20 rings (SSSR count). The molecule has 10 aliphatic heterocycles. The van der Waals surface area contributed by atoms with Crippen molar-refractivity contribution >= 4 is 101 Å². The highest BCUT2D eigenvalue weighted by Crippen LogP contribution is 2.70. The molecular formula is C84H115F9N21O31P5. The number of imidazole rings is 5. The van der Waals surface area contributed by atoms with Gasteiger partial charge in [-0.15, -0.1) is 0 Å². The zero-order chi connectivity index (χ0) is 109. The third-order valence-corrected chi connectivity index (χ3v) is 31.4. The van der Waals surface area contributed by atoms with Gasteiger partial charge in [-0.1, -0.05) is 13.8 Å². The van der Waals surface area contributed by atoms with Gasteiger partial charge in [-0.3, -0.25) is 90.7 Å². The summed E-state index contributed by atoms with van der Waals surface area (Å²) >= 11 is 0. The van der Waals surface area contributed by atoms with E-state index >= 15 is 39.5 Å². The topological polar surface area (TPSA) is 580 Å². The first-order chi connectivity index (χ1) is 70.1. The number of anilines is 1. The number of hydrogen-bond donors (Lipinski definition) is 2. The highest BCUT2D eigenvalue weighted by molar-refractivity contribution is 7.49. The summed E-state index contributed by atoms with van der Waals surface area (Å²) in [5, 5.41) is 11.2. The molecule has 0 spiro atoms.